The zero-order chi connectivity index (χ0) is 17.0. The van der Waals surface area contributed by atoms with Crippen LogP contribution in [0.2, 0.25) is 0 Å². The summed E-state index contributed by atoms with van der Waals surface area (Å²) in [7, 11) is 0. The number of carbonyl (C=O) groups is 1. The largest absolute Gasteiger partial charge is 0.345 e. The van der Waals surface area contributed by atoms with Crippen LogP contribution in [-0.4, -0.2) is 30.5 Å². The standard InChI is InChI=1S/C15H22N6O2/c1-5-6-20-15(16-9-17-20)12(4)18-13(22)8-21-14(23)7-10(2)11(3)19-21/h7,9,12H,5-6,8H2,1-4H3,(H,18,22). The molecule has 0 radical (unpaired) electrons. The minimum Gasteiger partial charge on any atom is -0.345 e. The second-order valence-electron chi connectivity index (χ2n) is 5.54. The van der Waals surface area contributed by atoms with Crippen LogP contribution in [0.3, 0.4) is 0 Å². The monoisotopic (exact) mass is 318 g/mol. The first kappa shape index (κ1) is 16.9. The fraction of sp³-hybridized carbons (Fsp3) is 0.533. The maximum Gasteiger partial charge on any atom is 0.267 e. The molecule has 0 saturated heterocycles. The van der Waals surface area contributed by atoms with Crippen LogP contribution in [0, 0.1) is 13.8 Å². The highest BCUT2D eigenvalue weighted by atomic mass is 16.2. The Bertz CT molecular complexity index is 749. The van der Waals surface area contributed by atoms with Gasteiger partial charge in [0.15, 0.2) is 0 Å². The van der Waals surface area contributed by atoms with Gasteiger partial charge < -0.3 is 5.32 Å². The van der Waals surface area contributed by atoms with E-state index < -0.39 is 0 Å². The van der Waals surface area contributed by atoms with Gasteiger partial charge in [-0.05, 0) is 32.8 Å². The summed E-state index contributed by atoms with van der Waals surface area (Å²) >= 11 is 0. The quantitative estimate of drug-likeness (QED) is 0.847. The number of nitrogens with zero attached hydrogens (tertiary/aromatic N) is 5. The Morgan fingerprint density at radius 1 is 1.35 bits per heavy atom. The lowest BCUT2D eigenvalue weighted by molar-refractivity contribution is -0.122. The van der Waals surface area contributed by atoms with Crippen LogP contribution >= 0.6 is 0 Å². The molecular formula is C15H22N6O2. The van der Waals surface area contributed by atoms with Gasteiger partial charge in [0, 0.05) is 12.6 Å². The van der Waals surface area contributed by atoms with Gasteiger partial charge in [-0.25, -0.2) is 14.3 Å². The van der Waals surface area contributed by atoms with E-state index in [4.69, 9.17) is 0 Å². The molecule has 0 saturated carbocycles. The molecule has 2 heterocycles. The van der Waals surface area contributed by atoms with Crippen LogP contribution in [0.15, 0.2) is 17.2 Å². The van der Waals surface area contributed by atoms with Crippen molar-refractivity contribution in [2.24, 2.45) is 0 Å². The topological polar surface area (TPSA) is 94.7 Å². The number of nitrogens with one attached hydrogen (secondary N) is 1. The van der Waals surface area contributed by atoms with E-state index in [1.807, 2.05) is 20.8 Å². The van der Waals surface area contributed by atoms with Gasteiger partial charge in [0.1, 0.15) is 18.7 Å². The normalized spacial score (nSPS) is 12.2. The van der Waals surface area contributed by atoms with Crippen molar-refractivity contribution in [3.8, 4) is 0 Å². The van der Waals surface area contributed by atoms with Gasteiger partial charge in [0.05, 0.1) is 11.7 Å². The zero-order valence-corrected chi connectivity index (χ0v) is 13.9. The predicted molar refractivity (Wildman–Crippen MR) is 84.8 cm³/mol. The van der Waals surface area contributed by atoms with Crippen molar-refractivity contribution in [3.63, 3.8) is 0 Å². The highest BCUT2D eigenvalue weighted by Crippen LogP contribution is 2.08. The molecule has 0 aromatic carbocycles. The summed E-state index contributed by atoms with van der Waals surface area (Å²) in [5.41, 5.74) is 1.26. The van der Waals surface area contributed by atoms with Crippen molar-refractivity contribution in [1.82, 2.24) is 29.9 Å². The Hall–Kier alpha value is -2.51. The Kier molecular flexibility index (Phi) is 5.25. The number of carbonyl (C=O) groups excluding carboxylic acids is 1. The highest BCUT2D eigenvalue weighted by molar-refractivity contribution is 5.75. The SMILES string of the molecule is CCCn1ncnc1C(C)NC(=O)Cn1nc(C)c(C)cc1=O. The molecule has 0 bridgehead atoms. The molecule has 1 N–H and O–H groups in total. The number of aryl methyl sites for hydroxylation is 3. The molecule has 8 nitrogen and oxygen atoms in total. The summed E-state index contributed by atoms with van der Waals surface area (Å²) in [4.78, 5) is 28.2. The molecule has 0 aliphatic carbocycles. The average molecular weight is 318 g/mol. The van der Waals surface area contributed by atoms with E-state index in [0.29, 0.717) is 5.82 Å². The van der Waals surface area contributed by atoms with Crippen molar-refractivity contribution in [1.29, 1.82) is 0 Å². The van der Waals surface area contributed by atoms with Crippen molar-refractivity contribution < 1.29 is 4.79 Å². The van der Waals surface area contributed by atoms with Crippen molar-refractivity contribution in [2.45, 2.75) is 53.2 Å². The van der Waals surface area contributed by atoms with Crippen molar-refractivity contribution in [3.05, 3.63) is 39.8 Å². The average Bonchev–Trinajstić information content (AvgIpc) is 2.93. The fourth-order valence-electron chi connectivity index (χ4n) is 2.27. The molecule has 0 fully saturated rings. The van der Waals surface area contributed by atoms with Gasteiger partial charge in [0.2, 0.25) is 5.91 Å². The molecule has 2 aromatic rings. The Balaban J connectivity index is 2.06. The maximum absolute atomic E-state index is 12.2. The number of aromatic nitrogens is 5. The minimum atomic E-state index is -0.293. The van der Waals surface area contributed by atoms with Crippen LogP contribution in [0.25, 0.3) is 0 Å². The molecule has 2 rings (SSSR count). The molecule has 0 spiro atoms. The smallest absolute Gasteiger partial charge is 0.267 e. The highest BCUT2D eigenvalue weighted by Gasteiger charge is 2.16. The third kappa shape index (κ3) is 4.02. The first-order chi connectivity index (χ1) is 10.9. The maximum atomic E-state index is 12.2. The summed E-state index contributed by atoms with van der Waals surface area (Å²) in [5, 5.41) is 11.1. The second-order valence-corrected chi connectivity index (χ2v) is 5.54. The summed E-state index contributed by atoms with van der Waals surface area (Å²) in [5.74, 6) is 0.405. The molecule has 1 unspecified atom stereocenters. The molecule has 1 atom stereocenters. The van der Waals surface area contributed by atoms with Gasteiger partial charge in [-0.15, -0.1) is 0 Å². The predicted octanol–water partition coefficient (Wildman–Crippen LogP) is 0.739. The number of rotatable bonds is 6. The zero-order valence-electron chi connectivity index (χ0n) is 13.9. The van der Waals surface area contributed by atoms with E-state index in [2.05, 4.69) is 20.5 Å². The molecule has 8 heteroatoms. The second kappa shape index (κ2) is 7.17. The lowest BCUT2D eigenvalue weighted by atomic mass is 10.2. The van der Waals surface area contributed by atoms with E-state index in [9.17, 15) is 9.59 Å². The lowest BCUT2D eigenvalue weighted by Gasteiger charge is -2.15. The van der Waals surface area contributed by atoms with Crippen LogP contribution < -0.4 is 10.9 Å². The van der Waals surface area contributed by atoms with E-state index in [1.54, 1.807) is 11.6 Å². The van der Waals surface area contributed by atoms with Gasteiger partial charge in [0.25, 0.3) is 5.56 Å². The Morgan fingerprint density at radius 3 is 2.78 bits per heavy atom. The first-order valence-electron chi connectivity index (χ1n) is 7.64. The summed E-state index contributed by atoms with van der Waals surface area (Å²) in [6, 6.07) is 1.19. The van der Waals surface area contributed by atoms with Crippen molar-refractivity contribution in [2.75, 3.05) is 0 Å². The summed E-state index contributed by atoms with van der Waals surface area (Å²) in [6.45, 7) is 8.13. The minimum absolute atomic E-state index is 0.119. The molecular weight excluding hydrogens is 296 g/mol. The van der Waals surface area contributed by atoms with E-state index in [-0.39, 0.29) is 24.1 Å². The van der Waals surface area contributed by atoms with Gasteiger partial charge in [-0.1, -0.05) is 6.92 Å². The molecule has 124 valence electrons. The Labute approximate surface area is 134 Å². The summed E-state index contributed by atoms with van der Waals surface area (Å²) < 4.78 is 2.94. The first-order valence-corrected chi connectivity index (χ1v) is 7.64. The van der Waals surface area contributed by atoms with Crippen LogP contribution in [-0.2, 0) is 17.9 Å². The molecule has 0 aliphatic heterocycles. The van der Waals surface area contributed by atoms with Gasteiger partial charge in [-0.2, -0.15) is 10.2 Å². The Morgan fingerprint density at radius 2 is 2.09 bits per heavy atom. The summed E-state index contributed by atoms with van der Waals surface area (Å²) in [6.07, 6.45) is 2.40. The van der Waals surface area contributed by atoms with Crippen LogP contribution in [0.4, 0.5) is 0 Å². The molecule has 0 aliphatic rings. The lowest BCUT2D eigenvalue weighted by Crippen LogP contribution is -2.36. The van der Waals surface area contributed by atoms with Gasteiger partial charge in [-0.3, -0.25) is 9.59 Å². The van der Waals surface area contributed by atoms with Crippen molar-refractivity contribution >= 4 is 5.91 Å². The third-order valence-corrected chi connectivity index (χ3v) is 3.57. The van der Waals surface area contributed by atoms with E-state index in [0.717, 1.165) is 24.2 Å². The molecule has 1 amide bonds. The van der Waals surface area contributed by atoms with E-state index >= 15 is 0 Å². The van der Waals surface area contributed by atoms with E-state index in [1.165, 1.54) is 17.1 Å². The third-order valence-electron chi connectivity index (χ3n) is 3.57. The number of hydrogen-bond donors (Lipinski definition) is 1. The number of hydrogen-bond acceptors (Lipinski definition) is 5. The van der Waals surface area contributed by atoms with Gasteiger partial charge >= 0.3 is 0 Å². The number of amides is 1. The molecule has 2 aromatic heterocycles. The fourth-order valence-corrected chi connectivity index (χ4v) is 2.27. The molecule has 23 heavy (non-hydrogen) atoms. The van der Waals surface area contributed by atoms with Crippen LogP contribution in [0.5, 0.6) is 0 Å². The van der Waals surface area contributed by atoms with Crippen LogP contribution in [0.1, 0.15) is 43.4 Å².